The Hall–Kier alpha value is -4.09. The minimum Gasteiger partial charge on any atom is -0.497 e. The number of aliphatic hydroxyl groups is 3. The number of carboxylic acids is 1. The number of ketones is 1. The van der Waals surface area contributed by atoms with Gasteiger partial charge < -0.3 is 55.2 Å². The molecule has 8 atom stereocenters. The number of rotatable bonds is 19. The number of carbonyl (C=O) groups excluding carboxylic acids is 4. The molecule has 0 aliphatic heterocycles. The molecule has 0 spiro atoms. The van der Waals surface area contributed by atoms with Crippen LogP contribution in [-0.2, 0) is 42.9 Å². The molecule has 16 nitrogen and oxygen atoms in total. The fourth-order valence-electron chi connectivity index (χ4n) is 5.43. The van der Waals surface area contributed by atoms with Crippen molar-refractivity contribution < 1.29 is 68.1 Å². The number of aliphatic hydroxyl groups excluding tert-OH is 2. The SMILES string of the molecule is COC(=O)[C@@]1(O)C(OC)=C(C[C@@H](C)C[C@H](OC)[C@H](O)[C@@H](C)/C=C(\C)[C@H](OC(N)=O)[C@H](/C=C\C=C(/C)C(=O)O)OC)C(=O)[C@H]1NC(=O)CO. The highest BCUT2D eigenvalue weighted by Gasteiger charge is 2.61. The van der Waals surface area contributed by atoms with Gasteiger partial charge in [0.15, 0.2) is 11.9 Å². The number of methoxy groups -OCH3 is 4. The highest BCUT2D eigenvalue weighted by molar-refractivity contribution is 6.11. The summed E-state index contributed by atoms with van der Waals surface area (Å²) in [5, 5.41) is 42.9. The zero-order chi connectivity index (χ0) is 36.9. The number of nitrogens with two attached hydrogens (primary N) is 1. The summed E-state index contributed by atoms with van der Waals surface area (Å²) >= 11 is 0. The lowest BCUT2D eigenvalue weighted by molar-refractivity contribution is -0.165. The van der Waals surface area contributed by atoms with Crippen LogP contribution < -0.4 is 11.1 Å². The van der Waals surface area contributed by atoms with Crippen molar-refractivity contribution in [3.8, 4) is 0 Å². The van der Waals surface area contributed by atoms with Gasteiger partial charge in [-0.2, -0.15) is 0 Å². The summed E-state index contributed by atoms with van der Waals surface area (Å²) in [6.07, 6.45) is 1.13. The van der Waals surface area contributed by atoms with Gasteiger partial charge in [-0.3, -0.25) is 9.59 Å². The molecule has 0 unspecified atom stereocenters. The maximum absolute atomic E-state index is 13.4. The number of hydrogen-bond acceptors (Lipinski definition) is 13. The standard InChI is InChI=1S/C32H48N2O14/c1-16(12-20-25(38)27(34-23(36)15-35)32(43,28(20)46-7)30(41)47-8)13-22(45-6)24(37)18(3)14-19(4)26(48-31(33)42)21(44-5)11-9-10-17(2)29(39)40/h9-11,14,16,18,21-22,24,26-27,35,37,43H,12-13,15H2,1-8H3,(H2,33,42)(H,34,36)(H,39,40)/b11-9-,17-10+,19-14+/t16-,18+,21+,22+,24-,26+,27-,32+/m1/s1. The molecule has 0 aromatic rings. The number of hydrogen-bond donors (Lipinski definition) is 6. The second kappa shape index (κ2) is 19.0. The van der Waals surface area contributed by atoms with Crippen LogP contribution in [0.5, 0.6) is 0 Å². The van der Waals surface area contributed by atoms with Crippen molar-refractivity contribution in [3.63, 3.8) is 0 Å². The molecule has 0 saturated heterocycles. The Morgan fingerprint density at radius 3 is 2.19 bits per heavy atom. The van der Waals surface area contributed by atoms with Crippen LogP contribution in [0.2, 0.25) is 0 Å². The van der Waals surface area contributed by atoms with E-state index in [9.17, 15) is 39.3 Å². The van der Waals surface area contributed by atoms with Crippen LogP contribution in [0, 0.1) is 11.8 Å². The molecule has 7 N–H and O–H groups in total. The number of primary amides is 1. The second-order valence-electron chi connectivity index (χ2n) is 11.5. The third-order valence-electron chi connectivity index (χ3n) is 7.93. The van der Waals surface area contributed by atoms with Gasteiger partial charge in [-0.15, -0.1) is 0 Å². The highest BCUT2D eigenvalue weighted by atomic mass is 16.6. The summed E-state index contributed by atoms with van der Waals surface area (Å²) in [6, 6.07) is -1.81. The molecule has 0 heterocycles. The van der Waals surface area contributed by atoms with Crippen molar-refractivity contribution in [2.45, 2.75) is 76.6 Å². The van der Waals surface area contributed by atoms with E-state index in [4.69, 9.17) is 29.8 Å². The van der Waals surface area contributed by atoms with Crippen LogP contribution in [0.15, 0.2) is 46.8 Å². The summed E-state index contributed by atoms with van der Waals surface area (Å²) < 4.78 is 26.3. The van der Waals surface area contributed by atoms with E-state index in [2.05, 4.69) is 10.1 Å². The summed E-state index contributed by atoms with van der Waals surface area (Å²) in [6.45, 7) is 5.47. The first-order valence-electron chi connectivity index (χ1n) is 14.9. The first-order valence-corrected chi connectivity index (χ1v) is 14.9. The van der Waals surface area contributed by atoms with Crippen molar-refractivity contribution in [3.05, 3.63) is 46.8 Å². The number of Topliss-reactive ketones (excluding diaryl/α,β-unsaturated/α-hetero) is 1. The number of carbonyl (C=O) groups is 5. The van der Waals surface area contributed by atoms with Crippen molar-refractivity contribution in [1.29, 1.82) is 0 Å². The average Bonchev–Trinajstić information content (AvgIpc) is 3.24. The van der Waals surface area contributed by atoms with E-state index >= 15 is 0 Å². The second-order valence-corrected chi connectivity index (χ2v) is 11.5. The topological polar surface area (TPSA) is 250 Å². The van der Waals surface area contributed by atoms with Gasteiger partial charge in [0, 0.05) is 31.3 Å². The van der Waals surface area contributed by atoms with E-state index in [-0.39, 0.29) is 24.0 Å². The van der Waals surface area contributed by atoms with Crippen molar-refractivity contribution in [2.75, 3.05) is 35.0 Å². The van der Waals surface area contributed by atoms with Gasteiger partial charge >= 0.3 is 18.0 Å². The van der Waals surface area contributed by atoms with Crippen molar-refractivity contribution in [1.82, 2.24) is 5.32 Å². The third kappa shape index (κ3) is 10.5. The number of aliphatic carboxylic acids is 1. The maximum Gasteiger partial charge on any atom is 0.405 e. The van der Waals surface area contributed by atoms with Gasteiger partial charge in [0.1, 0.15) is 24.5 Å². The first-order chi connectivity index (χ1) is 22.4. The molecule has 2 amide bonds. The zero-order valence-electron chi connectivity index (χ0n) is 28.4. The lowest BCUT2D eigenvalue weighted by Crippen LogP contribution is -2.59. The van der Waals surface area contributed by atoms with Gasteiger partial charge in [-0.25, -0.2) is 14.4 Å². The number of esters is 1. The quantitative estimate of drug-likeness (QED) is 0.0463. The minimum atomic E-state index is -2.68. The Balaban J connectivity index is 3.28. The number of nitrogens with one attached hydrogen (secondary N) is 1. The lowest BCUT2D eigenvalue weighted by Gasteiger charge is -2.29. The summed E-state index contributed by atoms with van der Waals surface area (Å²) in [7, 11) is 4.88. The molecule has 270 valence electrons. The summed E-state index contributed by atoms with van der Waals surface area (Å²) in [4.78, 5) is 60.7. The van der Waals surface area contributed by atoms with Crippen LogP contribution in [0.4, 0.5) is 4.79 Å². The Morgan fingerprint density at radius 2 is 1.71 bits per heavy atom. The van der Waals surface area contributed by atoms with Gasteiger partial charge in [0.2, 0.25) is 11.5 Å². The van der Waals surface area contributed by atoms with E-state index in [1.165, 1.54) is 39.4 Å². The van der Waals surface area contributed by atoms with E-state index in [0.717, 1.165) is 14.2 Å². The Labute approximate surface area is 279 Å². The molecule has 0 bridgehead atoms. The third-order valence-corrected chi connectivity index (χ3v) is 7.93. The fourth-order valence-corrected chi connectivity index (χ4v) is 5.43. The molecule has 0 radical (unpaired) electrons. The molecule has 16 heteroatoms. The van der Waals surface area contributed by atoms with E-state index < -0.39 is 90.0 Å². The molecule has 0 aromatic carbocycles. The molecule has 0 aromatic heterocycles. The molecule has 1 aliphatic carbocycles. The molecular formula is C32H48N2O14. The van der Waals surface area contributed by atoms with E-state index in [1.54, 1.807) is 26.8 Å². The van der Waals surface area contributed by atoms with E-state index in [0.29, 0.717) is 5.57 Å². The monoisotopic (exact) mass is 684 g/mol. The summed E-state index contributed by atoms with van der Waals surface area (Å²) in [5.74, 6) is -5.61. The van der Waals surface area contributed by atoms with Gasteiger partial charge in [0.25, 0.3) is 0 Å². The Kier molecular flexibility index (Phi) is 16.6. The van der Waals surface area contributed by atoms with Crippen LogP contribution >= 0.6 is 0 Å². The molecular weight excluding hydrogens is 636 g/mol. The number of amides is 2. The largest absolute Gasteiger partial charge is 0.497 e. The molecule has 0 saturated carbocycles. The Bertz CT molecular complexity index is 1310. The molecule has 0 fully saturated rings. The molecule has 48 heavy (non-hydrogen) atoms. The van der Waals surface area contributed by atoms with Crippen LogP contribution in [0.1, 0.15) is 40.5 Å². The van der Waals surface area contributed by atoms with Crippen LogP contribution in [0.25, 0.3) is 0 Å². The van der Waals surface area contributed by atoms with Crippen LogP contribution in [0.3, 0.4) is 0 Å². The number of carboxylic acid groups (broad SMARTS) is 1. The fraction of sp³-hybridized carbons (Fsp3) is 0.594. The normalized spacial score (nSPS) is 22.5. The van der Waals surface area contributed by atoms with E-state index in [1.807, 2.05) is 0 Å². The van der Waals surface area contributed by atoms with Crippen molar-refractivity contribution in [2.24, 2.45) is 17.6 Å². The van der Waals surface area contributed by atoms with Gasteiger partial charge in [-0.05, 0) is 38.2 Å². The molecule has 1 aliphatic rings. The smallest absolute Gasteiger partial charge is 0.405 e. The molecule has 1 rings (SSSR count). The number of allylic oxidation sites excluding steroid dienone is 2. The predicted octanol–water partition coefficient (Wildman–Crippen LogP) is 0.291. The lowest BCUT2D eigenvalue weighted by atomic mass is 9.88. The maximum atomic E-state index is 13.4. The highest BCUT2D eigenvalue weighted by Crippen LogP contribution is 2.39. The van der Waals surface area contributed by atoms with Gasteiger partial charge in [0.05, 0.1) is 26.4 Å². The number of ether oxygens (including phenoxy) is 5. The zero-order valence-corrected chi connectivity index (χ0v) is 28.4. The average molecular weight is 685 g/mol. The van der Waals surface area contributed by atoms with Crippen molar-refractivity contribution >= 4 is 29.7 Å². The Morgan fingerprint density at radius 1 is 1.08 bits per heavy atom. The minimum absolute atomic E-state index is 0.0607. The van der Waals surface area contributed by atoms with Crippen LogP contribution in [-0.4, -0.2) is 121 Å². The first kappa shape index (κ1) is 41.9. The van der Waals surface area contributed by atoms with Gasteiger partial charge in [-0.1, -0.05) is 38.2 Å². The predicted molar refractivity (Wildman–Crippen MR) is 169 cm³/mol. The summed E-state index contributed by atoms with van der Waals surface area (Å²) in [5.41, 5.74) is 3.05.